The lowest BCUT2D eigenvalue weighted by molar-refractivity contribution is -0.142. The summed E-state index contributed by atoms with van der Waals surface area (Å²) >= 11 is 0. The Morgan fingerprint density at radius 1 is 1.00 bits per heavy atom. The van der Waals surface area contributed by atoms with E-state index in [1.807, 2.05) is 36.4 Å². The molecule has 2 amide bonds. The van der Waals surface area contributed by atoms with Crippen molar-refractivity contribution < 1.29 is 24.2 Å². The standard InChI is InChI=1S/C24H28N2O5/c1-4-24(5-2,22(29)25-15(3)21(27)28)26-23(30)31-14-20-18-12-8-6-10-16(18)17-11-7-9-13-19(17)20/h6-13,15,20H,4-5,14H2,1-3H3,(H,25,29)(H,26,30)(H,27,28)/t15-/m0/s1. The number of hydrogen-bond donors (Lipinski definition) is 3. The first-order chi connectivity index (χ1) is 14.8. The number of rotatable bonds is 8. The van der Waals surface area contributed by atoms with E-state index in [0.29, 0.717) is 12.8 Å². The summed E-state index contributed by atoms with van der Waals surface area (Å²) in [5, 5.41) is 14.2. The molecule has 0 unspecified atom stereocenters. The van der Waals surface area contributed by atoms with Gasteiger partial charge in [0.05, 0.1) is 0 Å². The molecule has 2 aromatic rings. The van der Waals surface area contributed by atoms with Gasteiger partial charge in [-0.3, -0.25) is 9.59 Å². The number of hydrogen-bond acceptors (Lipinski definition) is 4. The predicted octanol–water partition coefficient (Wildman–Crippen LogP) is 3.67. The van der Waals surface area contributed by atoms with Crippen LogP contribution < -0.4 is 10.6 Å². The van der Waals surface area contributed by atoms with Crippen molar-refractivity contribution in [2.24, 2.45) is 0 Å². The van der Waals surface area contributed by atoms with Crippen LogP contribution in [-0.2, 0) is 14.3 Å². The number of carbonyl (C=O) groups is 3. The number of carbonyl (C=O) groups excluding carboxylic acids is 2. The highest BCUT2D eigenvalue weighted by Gasteiger charge is 2.39. The van der Waals surface area contributed by atoms with Crippen LogP contribution in [0.1, 0.15) is 50.7 Å². The van der Waals surface area contributed by atoms with Crippen LogP contribution in [0.2, 0.25) is 0 Å². The number of ether oxygens (including phenoxy) is 1. The molecule has 0 aromatic heterocycles. The lowest BCUT2D eigenvalue weighted by Crippen LogP contribution is -2.60. The van der Waals surface area contributed by atoms with Crippen molar-refractivity contribution in [3.05, 3.63) is 59.7 Å². The summed E-state index contributed by atoms with van der Waals surface area (Å²) < 4.78 is 5.56. The molecule has 0 radical (unpaired) electrons. The van der Waals surface area contributed by atoms with E-state index in [-0.39, 0.29) is 12.5 Å². The van der Waals surface area contributed by atoms with Gasteiger partial charge in [-0.15, -0.1) is 0 Å². The Balaban J connectivity index is 1.71. The first-order valence-electron chi connectivity index (χ1n) is 10.5. The Kier molecular flexibility index (Phi) is 6.63. The summed E-state index contributed by atoms with van der Waals surface area (Å²) in [6.07, 6.45) is -0.110. The number of alkyl carbamates (subject to hydrolysis) is 1. The molecule has 31 heavy (non-hydrogen) atoms. The fraction of sp³-hybridized carbons (Fsp3) is 0.375. The molecule has 164 valence electrons. The number of carboxylic acid groups (broad SMARTS) is 1. The first kappa shape index (κ1) is 22.3. The molecular formula is C24H28N2O5. The molecule has 7 nitrogen and oxygen atoms in total. The summed E-state index contributed by atoms with van der Waals surface area (Å²) in [6, 6.07) is 15.0. The molecule has 3 rings (SSSR count). The molecule has 0 bridgehead atoms. The van der Waals surface area contributed by atoms with Crippen LogP contribution in [0, 0.1) is 0 Å². The highest BCUT2D eigenvalue weighted by Crippen LogP contribution is 2.44. The topological polar surface area (TPSA) is 105 Å². The van der Waals surface area contributed by atoms with Gasteiger partial charge in [0.2, 0.25) is 5.91 Å². The maximum Gasteiger partial charge on any atom is 0.408 e. The average Bonchev–Trinajstić information content (AvgIpc) is 3.09. The Bertz CT molecular complexity index is 938. The highest BCUT2D eigenvalue weighted by atomic mass is 16.5. The van der Waals surface area contributed by atoms with Gasteiger partial charge in [0, 0.05) is 5.92 Å². The van der Waals surface area contributed by atoms with Crippen LogP contribution in [0.5, 0.6) is 0 Å². The normalized spacial score (nSPS) is 13.6. The van der Waals surface area contributed by atoms with Crippen LogP contribution in [0.4, 0.5) is 4.79 Å². The van der Waals surface area contributed by atoms with Crippen LogP contribution in [0.15, 0.2) is 48.5 Å². The van der Waals surface area contributed by atoms with E-state index in [1.165, 1.54) is 6.92 Å². The van der Waals surface area contributed by atoms with Gasteiger partial charge in [0.15, 0.2) is 0 Å². The van der Waals surface area contributed by atoms with Crippen LogP contribution in [0.3, 0.4) is 0 Å². The second kappa shape index (κ2) is 9.20. The van der Waals surface area contributed by atoms with Crippen molar-refractivity contribution in [3.63, 3.8) is 0 Å². The quantitative estimate of drug-likeness (QED) is 0.600. The zero-order valence-electron chi connectivity index (χ0n) is 18.0. The Morgan fingerprint density at radius 3 is 2.00 bits per heavy atom. The molecule has 3 N–H and O–H groups in total. The van der Waals surface area contributed by atoms with Crippen molar-refractivity contribution in [2.75, 3.05) is 6.61 Å². The lowest BCUT2D eigenvalue weighted by atomic mass is 9.91. The van der Waals surface area contributed by atoms with E-state index in [4.69, 9.17) is 9.84 Å². The number of aliphatic carboxylic acids is 1. The molecule has 1 aliphatic rings. The second-order valence-electron chi connectivity index (χ2n) is 7.77. The SMILES string of the molecule is CCC(CC)(NC(=O)OCC1c2ccccc2-c2ccccc21)C(=O)N[C@@H](C)C(=O)O. The van der Waals surface area contributed by atoms with Gasteiger partial charge in [-0.1, -0.05) is 62.4 Å². The van der Waals surface area contributed by atoms with E-state index < -0.39 is 29.6 Å². The summed E-state index contributed by atoms with van der Waals surface area (Å²) in [5.74, 6) is -1.77. The van der Waals surface area contributed by atoms with Gasteiger partial charge in [-0.05, 0) is 42.0 Å². The molecule has 0 aliphatic heterocycles. The van der Waals surface area contributed by atoms with Crippen molar-refractivity contribution in [1.29, 1.82) is 0 Å². The molecule has 1 atom stereocenters. The third-order valence-electron chi connectivity index (χ3n) is 6.04. The monoisotopic (exact) mass is 424 g/mol. The Hall–Kier alpha value is -3.35. The molecule has 0 spiro atoms. The van der Waals surface area contributed by atoms with Crippen LogP contribution >= 0.6 is 0 Å². The maximum absolute atomic E-state index is 12.7. The minimum atomic E-state index is -1.24. The summed E-state index contributed by atoms with van der Waals surface area (Å²) in [7, 11) is 0. The van der Waals surface area contributed by atoms with E-state index in [9.17, 15) is 14.4 Å². The van der Waals surface area contributed by atoms with E-state index in [0.717, 1.165) is 22.3 Å². The third kappa shape index (κ3) is 4.40. The van der Waals surface area contributed by atoms with E-state index in [2.05, 4.69) is 22.8 Å². The number of nitrogens with one attached hydrogen (secondary N) is 2. The minimum absolute atomic E-state index is 0.0864. The minimum Gasteiger partial charge on any atom is -0.480 e. The third-order valence-corrected chi connectivity index (χ3v) is 6.04. The summed E-state index contributed by atoms with van der Waals surface area (Å²) in [6.45, 7) is 5.04. The number of amides is 2. The lowest BCUT2D eigenvalue weighted by Gasteiger charge is -2.31. The number of benzene rings is 2. The molecule has 1 aliphatic carbocycles. The van der Waals surface area contributed by atoms with Gasteiger partial charge in [0.25, 0.3) is 0 Å². The molecule has 2 aromatic carbocycles. The van der Waals surface area contributed by atoms with Crippen LogP contribution in [-0.4, -0.2) is 41.3 Å². The fourth-order valence-corrected chi connectivity index (χ4v) is 4.03. The van der Waals surface area contributed by atoms with Crippen molar-refractivity contribution >= 4 is 18.0 Å². The van der Waals surface area contributed by atoms with Gasteiger partial charge >= 0.3 is 12.1 Å². The first-order valence-corrected chi connectivity index (χ1v) is 10.5. The molecule has 7 heteroatoms. The average molecular weight is 424 g/mol. The van der Waals surface area contributed by atoms with Crippen molar-refractivity contribution in [2.45, 2.75) is 51.1 Å². The smallest absolute Gasteiger partial charge is 0.408 e. The predicted molar refractivity (Wildman–Crippen MR) is 117 cm³/mol. The Morgan fingerprint density at radius 2 is 1.52 bits per heavy atom. The molecular weight excluding hydrogens is 396 g/mol. The zero-order chi connectivity index (χ0) is 22.6. The van der Waals surface area contributed by atoms with Gasteiger partial charge in [-0.25, -0.2) is 4.79 Å². The number of fused-ring (bicyclic) bond motifs is 3. The zero-order valence-corrected chi connectivity index (χ0v) is 18.0. The summed E-state index contributed by atoms with van der Waals surface area (Å²) in [5.41, 5.74) is 3.21. The molecule has 0 saturated carbocycles. The molecule has 0 saturated heterocycles. The van der Waals surface area contributed by atoms with Gasteiger partial charge in [-0.2, -0.15) is 0 Å². The highest BCUT2D eigenvalue weighted by molar-refractivity contribution is 5.92. The maximum atomic E-state index is 12.7. The fourth-order valence-electron chi connectivity index (χ4n) is 4.03. The van der Waals surface area contributed by atoms with Crippen LogP contribution in [0.25, 0.3) is 11.1 Å². The van der Waals surface area contributed by atoms with E-state index in [1.54, 1.807) is 13.8 Å². The van der Waals surface area contributed by atoms with Gasteiger partial charge in [0.1, 0.15) is 18.2 Å². The van der Waals surface area contributed by atoms with Crippen molar-refractivity contribution in [3.8, 4) is 11.1 Å². The Labute approximate surface area is 181 Å². The van der Waals surface area contributed by atoms with E-state index >= 15 is 0 Å². The molecule has 0 heterocycles. The number of carboxylic acids is 1. The van der Waals surface area contributed by atoms with Crippen molar-refractivity contribution in [1.82, 2.24) is 10.6 Å². The summed E-state index contributed by atoms with van der Waals surface area (Å²) in [4.78, 5) is 36.5. The largest absolute Gasteiger partial charge is 0.480 e. The molecule has 0 fully saturated rings. The van der Waals surface area contributed by atoms with Gasteiger partial charge < -0.3 is 20.5 Å². The second-order valence-corrected chi connectivity index (χ2v) is 7.77.